The Morgan fingerprint density at radius 3 is 0.754 bits per heavy atom. The third-order valence-electron chi connectivity index (χ3n) is 5.72. The number of hydrogen-bond donors (Lipinski definition) is 0. The van der Waals surface area contributed by atoms with Gasteiger partial charge in [0.1, 0.15) is 0 Å². The number of aromatic nitrogens is 3. The van der Waals surface area contributed by atoms with E-state index < -0.39 is 0 Å². The van der Waals surface area contributed by atoms with Crippen molar-refractivity contribution in [2.24, 2.45) is 0 Å². The van der Waals surface area contributed by atoms with E-state index >= 15 is 0 Å². The van der Waals surface area contributed by atoms with Gasteiger partial charge in [0.25, 0.3) is 0 Å². The topological polar surface area (TPSA) is 81.0 Å². The zero-order valence-corrected chi connectivity index (χ0v) is 52.0. The van der Waals surface area contributed by atoms with E-state index in [-0.39, 0.29) is 143 Å². The molecule has 0 amide bonds. The number of pyridine rings is 3. The second-order valence-electron chi connectivity index (χ2n) is 8.60. The molecule has 0 aromatic carbocycles. The quantitative estimate of drug-likeness (QED) is 0.194. The van der Waals surface area contributed by atoms with Gasteiger partial charge in [-0.1, -0.05) is 138 Å². The first kappa shape index (κ1) is 100. The van der Waals surface area contributed by atoms with Gasteiger partial charge < -0.3 is 85.0 Å². The van der Waals surface area contributed by atoms with E-state index in [1.807, 2.05) is 192 Å². The molecule has 3 aromatic heterocycles. The number of hydrogen-bond acceptors (Lipinski definition) is 3. The molecular formula is C55H88N6Ru3Y-4. The summed E-state index contributed by atoms with van der Waals surface area (Å²) in [5, 5.41) is 13.1. The minimum Gasteiger partial charge on any atom is 0 e. The molecule has 0 N–H and O–H groups in total. The van der Waals surface area contributed by atoms with E-state index in [1.54, 1.807) is 36.8 Å². The normalized spacial score (nSPS) is 12.0. The molecule has 3 aliphatic rings. The van der Waals surface area contributed by atoms with E-state index in [1.165, 1.54) is 0 Å². The fourth-order valence-electron chi connectivity index (χ4n) is 3.67. The van der Waals surface area contributed by atoms with E-state index in [2.05, 4.69) is 51.7 Å². The van der Waals surface area contributed by atoms with Crippen molar-refractivity contribution in [3.63, 3.8) is 0 Å². The van der Waals surface area contributed by atoms with Gasteiger partial charge in [-0.15, -0.1) is 17.1 Å². The molecule has 0 aliphatic carbocycles. The van der Waals surface area contributed by atoms with Gasteiger partial charge in [0.15, 0.2) is 0 Å². The van der Waals surface area contributed by atoms with Crippen molar-refractivity contribution in [3.8, 4) is 0 Å². The van der Waals surface area contributed by atoms with Crippen molar-refractivity contribution >= 4 is 17.1 Å². The molecule has 0 spiro atoms. The zero-order valence-electron chi connectivity index (χ0n) is 43.8. The molecule has 0 saturated heterocycles. The first-order valence-electron chi connectivity index (χ1n) is 19.2. The Hall–Kier alpha value is -2.91. The fraction of sp³-hybridized carbons (Fsp3) is 0.218. The Morgan fingerprint density at radius 2 is 0.600 bits per heavy atom. The smallest absolute Gasteiger partial charge is 0 e. The van der Waals surface area contributed by atoms with E-state index in [9.17, 15) is 0 Å². The molecule has 6 rings (SSSR count). The van der Waals surface area contributed by atoms with E-state index in [0.29, 0.717) is 0 Å². The monoisotopic (exact) mass is 1230 g/mol. The third kappa shape index (κ3) is 44.7. The van der Waals surface area contributed by atoms with Gasteiger partial charge in [0.05, 0.1) is 0 Å². The van der Waals surface area contributed by atoms with Crippen molar-refractivity contribution < 1.29 is 91.1 Å². The summed E-state index contributed by atoms with van der Waals surface area (Å²) in [5.41, 5.74) is 7.90. The zero-order chi connectivity index (χ0) is 41.4. The SMILES string of the molecule is CC.CC.CC.CC.CC.CC.[CH2-]C=C1C=CC=C(c2ccccn2)[N-]1.[CH2-]C=C1C=CC=C(c2ccccn2)[N-]1.[CH2-]C=C1C=CC=C(c2ccccn2)[N-]1.[CH3-].[CH3-].[CH3-].[CH3-].[CH3-].[CH3-].[CH3-].[Ru+4].[Ru+5].[RuH].[Y]. The first-order valence-corrected chi connectivity index (χ1v) is 19.2. The number of nitrogens with zero attached hydrogens (tertiary/aromatic N) is 6. The molecule has 0 saturated carbocycles. The van der Waals surface area contributed by atoms with Crippen LogP contribution in [0.25, 0.3) is 33.0 Å². The second kappa shape index (κ2) is 75.4. The molecular weight excluding hydrogens is 1140 g/mol. The Balaban J connectivity index is -0.0000000415. The summed E-state index contributed by atoms with van der Waals surface area (Å²) < 4.78 is 0. The van der Waals surface area contributed by atoms with E-state index in [4.69, 9.17) is 0 Å². The Bertz CT molecular complexity index is 1420. The van der Waals surface area contributed by atoms with Crippen LogP contribution in [0, 0.1) is 72.8 Å². The van der Waals surface area contributed by atoms with Gasteiger partial charge in [-0.25, -0.2) is 39.0 Å². The Labute approximate surface area is 470 Å². The molecule has 65 heavy (non-hydrogen) atoms. The maximum atomic E-state index is 4.38. The van der Waals surface area contributed by atoms with Gasteiger partial charge in [0.2, 0.25) is 0 Å². The van der Waals surface area contributed by atoms with Crippen LogP contribution in [0.3, 0.4) is 0 Å². The summed E-state index contributed by atoms with van der Waals surface area (Å²) in [4.78, 5) is 12.7. The van der Waals surface area contributed by atoms with Crippen LogP contribution in [-0.2, 0) is 91.1 Å². The number of allylic oxidation sites excluding steroid dienone is 12. The summed E-state index contributed by atoms with van der Waals surface area (Å²) in [5.74, 6) is 0. The van der Waals surface area contributed by atoms with Crippen LogP contribution in [0.4, 0.5) is 0 Å². The molecule has 0 bridgehead atoms. The minimum absolute atomic E-state index is 0. The van der Waals surface area contributed by atoms with Crippen molar-refractivity contribution in [2.75, 3.05) is 0 Å². The summed E-state index contributed by atoms with van der Waals surface area (Å²) >= 11 is 0. The standard InChI is InChI=1S/3C12H10N2.6C2H6.7CH3.3Ru.Y.H/c3*1-2-10-6-5-8-12(14-10)11-7-3-4-9-13-11;6*1-2;;;;;;;;;;;;/h3*2-9H,1H2;6*1-2H3;7*1H3;;;;;/q3*-2;;;;;;;7*-1;;+4;+5;;. The average Bonchev–Trinajstić information content (AvgIpc) is 3.31. The molecule has 2 radical (unpaired) electrons. The van der Waals surface area contributed by atoms with Gasteiger partial charge >= 0.3 is 58.4 Å². The summed E-state index contributed by atoms with van der Waals surface area (Å²) in [6, 6.07) is 17.3. The van der Waals surface area contributed by atoms with Gasteiger partial charge in [-0.05, 0) is 36.4 Å². The third-order valence-corrected chi connectivity index (χ3v) is 5.72. The molecule has 369 valence electrons. The van der Waals surface area contributed by atoms with Crippen LogP contribution in [-0.4, -0.2) is 15.0 Å². The molecule has 6 nitrogen and oxygen atoms in total. The van der Waals surface area contributed by atoms with Crippen LogP contribution in [0.15, 0.2) is 163 Å². The second-order valence-corrected chi connectivity index (χ2v) is 8.60. The van der Waals surface area contributed by atoms with Gasteiger partial charge in [-0.2, -0.15) is 18.2 Å². The average molecular weight is 1230 g/mol. The van der Waals surface area contributed by atoms with Crippen LogP contribution in [0.2, 0.25) is 0 Å². The van der Waals surface area contributed by atoms with Crippen molar-refractivity contribution in [1.29, 1.82) is 0 Å². The molecule has 10 heteroatoms. The minimum atomic E-state index is 0. The van der Waals surface area contributed by atoms with Crippen molar-refractivity contribution in [3.05, 3.63) is 269 Å². The van der Waals surface area contributed by atoms with Crippen molar-refractivity contribution in [1.82, 2.24) is 15.0 Å². The molecule has 3 aliphatic heterocycles. The molecule has 6 heterocycles. The fourth-order valence-corrected chi connectivity index (χ4v) is 3.67. The predicted molar refractivity (Wildman–Crippen MR) is 289 cm³/mol. The maximum Gasteiger partial charge on any atom is 0 e. The largest absolute Gasteiger partial charge is 0 e. The van der Waals surface area contributed by atoms with E-state index in [0.717, 1.165) is 51.3 Å². The summed E-state index contributed by atoms with van der Waals surface area (Å²) in [7, 11) is 0. The first-order chi connectivity index (χ1) is 26.7. The molecule has 0 atom stereocenters. The van der Waals surface area contributed by atoms with Gasteiger partial charge in [0, 0.05) is 68.4 Å². The van der Waals surface area contributed by atoms with Crippen molar-refractivity contribution in [2.45, 2.75) is 83.1 Å². The Kier molecular flexibility index (Phi) is 116. The summed E-state index contributed by atoms with van der Waals surface area (Å²) in [6.45, 7) is 35.0. The van der Waals surface area contributed by atoms with Crippen LogP contribution in [0.1, 0.15) is 100 Å². The van der Waals surface area contributed by atoms with Gasteiger partial charge in [-0.3, -0.25) is 15.0 Å². The molecule has 0 fully saturated rings. The summed E-state index contributed by atoms with van der Waals surface area (Å²) in [6.07, 6.45) is 27.9. The predicted octanol–water partition coefficient (Wildman–Crippen LogP) is 18.3. The van der Waals surface area contributed by atoms with Crippen LogP contribution >= 0.6 is 0 Å². The number of rotatable bonds is 3. The Morgan fingerprint density at radius 1 is 0.400 bits per heavy atom. The molecule has 3 aromatic rings. The molecule has 0 unspecified atom stereocenters. The maximum absolute atomic E-state index is 4.38. The van der Waals surface area contributed by atoms with Crippen LogP contribution < -0.4 is 0 Å². The van der Waals surface area contributed by atoms with Crippen LogP contribution in [0.5, 0.6) is 0 Å².